The maximum Gasteiger partial charge on any atom is 0.329 e. The van der Waals surface area contributed by atoms with Crippen molar-refractivity contribution in [2.24, 2.45) is 5.92 Å². The molecular formula is C23H26ClN7O. The minimum atomic E-state index is -0.0529. The molecular weight excluding hydrogens is 426 g/mol. The van der Waals surface area contributed by atoms with Crippen LogP contribution in [-0.4, -0.2) is 34.7 Å². The van der Waals surface area contributed by atoms with Gasteiger partial charge in [0.25, 0.3) is 0 Å². The van der Waals surface area contributed by atoms with E-state index in [1.165, 1.54) is 0 Å². The molecule has 4 rings (SSSR count). The van der Waals surface area contributed by atoms with Crippen LogP contribution in [-0.2, 0) is 19.5 Å². The summed E-state index contributed by atoms with van der Waals surface area (Å²) in [5.74, 6) is 0.782. The average molecular weight is 452 g/mol. The van der Waals surface area contributed by atoms with Crippen LogP contribution in [0.2, 0.25) is 5.15 Å². The zero-order valence-corrected chi connectivity index (χ0v) is 19.2. The fraction of sp³-hybridized carbons (Fsp3) is 0.348. The first kappa shape index (κ1) is 22.0. The van der Waals surface area contributed by atoms with Gasteiger partial charge in [0.15, 0.2) is 0 Å². The number of aromatic amines is 1. The Hall–Kier alpha value is -3.26. The molecule has 1 N–H and O–H groups in total. The Labute approximate surface area is 191 Å². The summed E-state index contributed by atoms with van der Waals surface area (Å²) in [7, 11) is 0. The second kappa shape index (κ2) is 9.48. The molecule has 0 fully saturated rings. The van der Waals surface area contributed by atoms with Crippen LogP contribution < -0.4 is 5.69 Å². The number of pyridine rings is 1. The van der Waals surface area contributed by atoms with Crippen LogP contribution >= 0.6 is 11.6 Å². The Morgan fingerprint density at radius 1 is 1.12 bits per heavy atom. The lowest BCUT2D eigenvalue weighted by molar-refractivity contribution is 0.504. The fourth-order valence-electron chi connectivity index (χ4n) is 3.82. The minimum absolute atomic E-state index is 0.0529. The predicted octanol–water partition coefficient (Wildman–Crippen LogP) is 4.20. The highest BCUT2D eigenvalue weighted by molar-refractivity contribution is 6.30. The molecule has 0 aliphatic heterocycles. The number of nitrogens with zero attached hydrogens (tertiary/aromatic N) is 6. The van der Waals surface area contributed by atoms with E-state index in [0.717, 1.165) is 35.2 Å². The summed E-state index contributed by atoms with van der Waals surface area (Å²) >= 11 is 6.61. The topological polar surface area (TPSA) is 94.3 Å². The smallest absolute Gasteiger partial charge is 0.290 e. The van der Waals surface area contributed by atoms with Gasteiger partial charge in [0, 0.05) is 18.3 Å². The van der Waals surface area contributed by atoms with Gasteiger partial charge in [-0.25, -0.2) is 4.79 Å². The largest absolute Gasteiger partial charge is 0.329 e. The number of hydrogen-bond acceptors (Lipinski definition) is 5. The lowest BCUT2D eigenvalue weighted by atomic mass is 10.0. The van der Waals surface area contributed by atoms with E-state index in [2.05, 4.69) is 46.4 Å². The average Bonchev–Trinajstić information content (AvgIpc) is 3.40. The SMILES string of the molecule is CCCc1c(Cl)n(CC(C)C)c(=O)n1Cc1ccc(-c2cccnc2-c2nn[nH]n2)cc1. The maximum atomic E-state index is 13.1. The van der Waals surface area contributed by atoms with Gasteiger partial charge >= 0.3 is 5.69 Å². The molecule has 3 heterocycles. The number of aromatic nitrogens is 7. The van der Waals surface area contributed by atoms with E-state index in [1.807, 2.05) is 36.4 Å². The first-order valence-corrected chi connectivity index (χ1v) is 11.1. The molecule has 0 aliphatic carbocycles. The van der Waals surface area contributed by atoms with Gasteiger partial charge in [0.05, 0.1) is 12.2 Å². The van der Waals surface area contributed by atoms with Gasteiger partial charge in [-0.1, -0.05) is 69.1 Å². The molecule has 166 valence electrons. The monoisotopic (exact) mass is 451 g/mol. The molecule has 0 aliphatic rings. The van der Waals surface area contributed by atoms with Crippen molar-refractivity contribution in [3.05, 3.63) is 69.5 Å². The Kier molecular flexibility index (Phi) is 6.50. The van der Waals surface area contributed by atoms with Crippen molar-refractivity contribution >= 4 is 11.6 Å². The molecule has 0 bridgehead atoms. The third-order valence-electron chi connectivity index (χ3n) is 5.27. The number of hydrogen-bond donors (Lipinski definition) is 1. The first-order chi connectivity index (χ1) is 15.5. The number of imidazole rings is 1. The zero-order valence-electron chi connectivity index (χ0n) is 18.4. The van der Waals surface area contributed by atoms with E-state index >= 15 is 0 Å². The second-order valence-electron chi connectivity index (χ2n) is 8.19. The molecule has 0 saturated carbocycles. The summed E-state index contributed by atoms with van der Waals surface area (Å²) in [6.07, 6.45) is 3.39. The quantitative estimate of drug-likeness (QED) is 0.433. The highest BCUT2D eigenvalue weighted by Crippen LogP contribution is 2.28. The van der Waals surface area contributed by atoms with Crippen molar-refractivity contribution in [3.8, 4) is 22.6 Å². The van der Waals surface area contributed by atoms with Crippen molar-refractivity contribution < 1.29 is 0 Å². The van der Waals surface area contributed by atoms with Crippen LogP contribution in [0.15, 0.2) is 47.4 Å². The Morgan fingerprint density at radius 3 is 2.56 bits per heavy atom. The van der Waals surface area contributed by atoms with Crippen LogP contribution in [0.3, 0.4) is 0 Å². The summed E-state index contributed by atoms with van der Waals surface area (Å²) < 4.78 is 3.50. The molecule has 0 amide bonds. The van der Waals surface area contributed by atoms with Crippen LogP contribution in [0.4, 0.5) is 0 Å². The molecule has 4 aromatic rings. The van der Waals surface area contributed by atoms with Crippen molar-refractivity contribution in [2.45, 2.75) is 46.7 Å². The lowest BCUT2D eigenvalue weighted by Gasteiger charge is -2.09. The molecule has 9 heteroatoms. The number of H-pyrrole nitrogens is 1. The molecule has 0 saturated heterocycles. The highest BCUT2D eigenvalue weighted by atomic mass is 35.5. The van der Waals surface area contributed by atoms with Crippen LogP contribution in [0.25, 0.3) is 22.6 Å². The van der Waals surface area contributed by atoms with Gasteiger partial charge in [-0.2, -0.15) is 5.21 Å². The highest BCUT2D eigenvalue weighted by Gasteiger charge is 2.19. The Morgan fingerprint density at radius 2 is 1.91 bits per heavy atom. The van der Waals surface area contributed by atoms with Crippen molar-refractivity contribution in [2.75, 3.05) is 0 Å². The Bertz CT molecular complexity index is 1240. The number of rotatable bonds is 8. The molecule has 8 nitrogen and oxygen atoms in total. The van der Waals surface area contributed by atoms with Gasteiger partial charge in [-0.05, 0) is 34.7 Å². The number of benzene rings is 1. The summed E-state index contributed by atoms with van der Waals surface area (Å²) in [5.41, 5.74) is 4.43. The molecule has 0 radical (unpaired) electrons. The zero-order chi connectivity index (χ0) is 22.7. The van der Waals surface area contributed by atoms with Crippen molar-refractivity contribution in [1.82, 2.24) is 34.7 Å². The van der Waals surface area contributed by atoms with Gasteiger partial charge in [-0.15, -0.1) is 10.2 Å². The van der Waals surface area contributed by atoms with E-state index < -0.39 is 0 Å². The van der Waals surface area contributed by atoms with Crippen LogP contribution in [0.1, 0.15) is 38.4 Å². The van der Waals surface area contributed by atoms with Gasteiger partial charge in [-0.3, -0.25) is 14.1 Å². The summed E-state index contributed by atoms with van der Waals surface area (Å²) in [6.45, 7) is 7.35. The number of halogens is 1. The van der Waals surface area contributed by atoms with Gasteiger partial charge in [0.2, 0.25) is 5.82 Å². The van der Waals surface area contributed by atoms with E-state index in [-0.39, 0.29) is 5.69 Å². The molecule has 3 aromatic heterocycles. The third-order valence-corrected chi connectivity index (χ3v) is 5.69. The van der Waals surface area contributed by atoms with E-state index in [9.17, 15) is 4.79 Å². The molecule has 32 heavy (non-hydrogen) atoms. The third kappa shape index (κ3) is 4.36. The minimum Gasteiger partial charge on any atom is -0.290 e. The summed E-state index contributed by atoms with van der Waals surface area (Å²) in [5, 5.41) is 14.8. The van der Waals surface area contributed by atoms with Crippen LogP contribution in [0.5, 0.6) is 0 Å². The van der Waals surface area contributed by atoms with E-state index in [0.29, 0.717) is 35.7 Å². The fourth-order valence-corrected chi connectivity index (χ4v) is 4.16. The Balaban J connectivity index is 1.66. The second-order valence-corrected chi connectivity index (χ2v) is 8.55. The number of tetrazole rings is 1. The normalized spacial score (nSPS) is 11.4. The summed E-state index contributed by atoms with van der Waals surface area (Å²) in [6, 6.07) is 11.9. The molecule has 0 spiro atoms. The first-order valence-electron chi connectivity index (χ1n) is 10.8. The lowest BCUT2D eigenvalue weighted by Crippen LogP contribution is -2.27. The predicted molar refractivity (Wildman–Crippen MR) is 124 cm³/mol. The standard InChI is InChI=1S/C23H26ClN7O/c1-4-6-19-21(24)31(13-15(2)3)23(32)30(19)14-16-8-10-17(11-9-16)18-7-5-12-25-20(18)22-26-28-29-27-22/h5,7-12,15H,4,6,13-14H2,1-3H3,(H,26,27,28,29). The molecule has 0 unspecified atom stereocenters. The van der Waals surface area contributed by atoms with Crippen LogP contribution in [0, 0.1) is 5.92 Å². The van der Waals surface area contributed by atoms with E-state index in [4.69, 9.17) is 11.6 Å². The molecule has 0 atom stereocenters. The van der Waals surface area contributed by atoms with E-state index in [1.54, 1.807) is 15.3 Å². The summed E-state index contributed by atoms with van der Waals surface area (Å²) in [4.78, 5) is 17.5. The van der Waals surface area contributed by atoms with Gasteiger partial charge in [0.1, 0.15) is 10.8 Å². The van der Waals surface area contributed by atoms with Gasteiger partial charge < -0.3 is 0 Å². The number of nitrogens with one attached hydrogen (secondary N) is 1. The van der Waals surface area contributed by atoms with Crippen molar-refractivity contribution in [3.63, 3.8) is 0 Å². The maximum absolute atomic E-state index is 13.1. The molecule has 1 aromatic carbocycles. The van der Waals surface area contributed by atoms with Crippen molar-refractivity contribution in [1.29, 1.82) is 0 Å².